The highest BCUT2D eigenvalue weighted by Gasteiger charge is 1.92. The van der Waals surface area contributed by atoms with E-state index in [-0.39, 0.29) is 5.82 Å². The van der Waals surface area contributed by atoms with E-state index in [1.807, 2.05) is 0 Å². The van der Waals surface area contributed by atoms with Crippen molar-refractivity contribution in [3.63, 3.8) is 0 Å². The second-order valence-corrected chi connectivity index (χ2v) is 1.59. The summed E-state index contributed by atoms with van der Waals surface area (Å²) in [6.07, 6.45) is 2.77. The molecule has 1 heterocycles. The summed E-state index contributed by atoms with van der Waals surface area (Å²) in [7, 11) is 0. The molecule has 0 fully saturated rings. The molecule has 3 heteroatoms. The van der Waals surface area contributed by atoms with Crippen LogP contribution in [0.4, 0.5) is 4.39 Å². The third-order valence-corrected chi connectivity index (χ3v) is 0.936. The zero-order chi connectivity index (χ0) is 6.69. The molecular formula is C6H6FN2. The molecule has 0 aromatic carbocycles. The lowest BCUT2D eigenvalue weighted by Gasteiger charge is -1.89. The SMILES string of the molecule is C[CH]c1cc(F)cnn1. The summed E-state index contributed by atoms with van der Waals surface area (Å²) in [5.41, 5.74) is 0.565. The van der Waals surface area contributed by atoms with E-state index in [2.05, 4.69) is 10.2 Å². The lowest BCUT2D eigenvalue weighted by atomic mass is 10.3. The normalized spacial score (nSPS) is 9.56. The standard InChI is InChI=1S/C6H6FN2/c1-2-6-3-5(7)4-8-9-6/h2-4H,1H3. The Hall–Kier alpha value is -0.990. The van der Waals surface area contributed by atoms with E-state index < -0.39 is 0 Å². The molecule has 0 saturated heterocycles. The average molecular weight is 125 g/mol. The number of halogens is 1. The molecule has 9 heavy (non-hydrogen) atoms. The topological polar surface area (TPSA) is 25.8 Å². The number of rotatable bonds is 1. The number of aromatic nitrogens is 2. The fourth-order valence-electron chi connectivity index (χ4n) is 0.499. The largest absolute Gasteiger partial charge is 0.205 e. The van der Waals surface area contributed by atoms with Crippen molar-refractivity contribution in [2.75, 3.05) is 0 Å². The second kappa shape index (κ2) is 2.53. The predicted molar refractivity (Wildman–Crippen MR) is 31.1 cm³/mol. The van der Waals surface area contributed by atoms with Gasteiger partial charge in [0, 0.05) is 6.42 Å². The first kappa shape index (κ1) is 6.13. The maximum Gasteiger partial charge on any atom is 0.145 e. The minimum atomic E-state index is -0.349. The minimum absolute atomic E-state index is 0.349. The van der Waals surface area contributed by atoms with Gasteiger partial charge in [-0.1, -0.05) is 6.92 Å². The third kappa shape index (κ3) is 1.45. The van der Waals surface area contributed by atoms with Gasteiger partial charge >= 0.3 is 0 Å². The smallest absolute Gasteiger partial charge is 0.145 e. The maximum atomic E-state index is 12.2. The van der Waals surface area contributed by atoms with E-state index in [0.29, 0.717) is 5.69 Å². The predicted octanol–water partition coefficient (Wildman–Crippen LogP) is 1.19. The molecule has 0 aliphatic carbocycles. The van der Waals surface area contributed by atoms with Crippen LogP contribution in [0, 0.1) is 12.2 Å². The Morgan fingerprint density at radius 1 is 1.67 bits per heavy atom. The van der Waals surface area contributed by atoms with Gasteiger partial charge in [-0.15, -0.1) is 0 Å². The number of hydrogen-bond acceptors (Lipinski definition) is 2. The van der Waals surface area contributed by atoms with E-state index in [0.717, 1.165) is 6.20 Å². The Balaban J connectivity index is 2.94. The van der Waals surface area contributed by atoms with Crippen LogP contribution in [0.3, 0.4) is 0 Å². The molecule has 0 unspecified atom stereocenters. The van der Waals surface area contributed by atoms with Gasteiger partial charge in [-0.2, -0.15) is 10.2 Å². The fraction of sp³-hybridized carbons (Fsp3) is 0.167. The summed E-state index contributed by atoms with van der Waals surface area (Å²) in [6, 6.07) is 1.33. The highest BCUT2D eigenvalue weighted by Crippen LogP contribution is 1.97. The molecule has 0 N–H and O–H groups in total. The summed E-state index contributed by atoms with van der Waals surface area (Å²) < 4.78 is 12.2. The molecule has 2 nitrogen and oxygen atoms in total. The Morgan fingerprint density at radius 3 is 2.89 bits per heavy atom. The monoisotopic (exact) mass is 125 g/mol. The van der Waals surface area contributed by atoms with Gasteiger partial charge in [-0.05, 0) is 6.07 Å². The average Bonchev–Trinajstić information content (AvgIpc) is 1.88. The van der Waals surface area contributed by atoms with Crippen LogP contribution >= 0.6 is 0 Å². The summed E-state index contributed by atoms with van der Waals surface area (Å²) >= 11 is 0. The molecule has 0 aliphatic rings. The van der Waals surface area contributed by atoms with Gasteiger partial charge in [0.05, 0.1) is 11.9 Å². The molecule has 0 amide bonds. The van der Waals surface area contributed by atoms with Crippen molar-refractivity contribution in [3.05, 3.63) is 30.2 Å². The van der Waals surface area contributed by atoms with Crippen LogP contribution in [0.2, 0.25) is 0 Å². The van der Waals surface area contributed by atoms with Crippen LogP contribution in [0.5, 0.6) is 0 Å². The van der Waals surface area contributed by atoms with Crippen molar-refractivity contribution >= 4 is 0 Å². The van der Waals surface area contributed by atoms with Crippen molar-refractivity contribution in [2.45, 2.75) is 6.92 Å². The Bertz CT molecular complexity index is 200. The maximum absolute atomic E-state index is 12.2. The highest BCUT2D eigenvalue weighted by atomic mass is 19.1. The van der Waals surface area contributed by atoms with Crippen LogP contribution in [-0.4, -0.2) is 10.2 Å². The Morgan fingerprint density at radius 2 is 2.44 bits per heavy atom. The van der Waals surface area contributed by atoms with E-state index >= 15 is 0 Å². The lowest BCUT2D eigenvalue weighted by molar-refractivity contribution is 0.612. The second-order valence-electron chi connectivity index (χ2n) is 1.59. The number of nitrogens with zero attached hydrogens (tertiary/aromatic N) is 2. The van der Waals surface area contributed by atoms with Gasteiger partial charge in [-0.3, -0.25) is 0 Å². The van der Waals surface area contributed by atoms with Crippen LogP contribution in [0.25, 0.3) is 0 Å². The van der Waals surface area contributed by atoms with E-state index in [4.69, 9.17) is 0 Å². The summed E-state index contributed by atoms with van der Waals surface area (Å²) in [6.45, 7) is 1.78. The molecule has 1 radical (unpaired) electrons. The van der Waals surface area contributed by atoms with Crippen molar-refractivity contribution in [1.82, 2.24) is 10.2 Å². The van der Waals surface area contributed by atoms with Gasteiger partial charge in [0.2, 0.25) is 0 Å². The van der Waals surface area contributed by atoms with E-state index in [1.54, 1.807) is 13.3 Å². The van der Waals surface area contributed by atoms with E-state index in [1.165, 1.54) is 6.07 Å². The highest BCUT2D eigenvalue weighted by molar-refractivity contribution is 5.09. The first-order valence-corrected chi connectivity index (χ1v) is 2.60. The molecular weight excluding hydrogens is 119 g/mol. The Kier molecular flexibility index (Phi) is 1.72. The molecule has 0 saturated carbocycles. The van der Waals surface area contributed by atoms with Crippen molar-refractivity contribution < 1.29 is 4.39 Å². The van der Waals surface area contributed by atoms with Crippen molar-refractivity contribution in [2.24, 2.45) is 0 Å². The fourth-order valence-corrected chi connectivity index (χ4v) is 0.499. The first-order valence-electron chi connectivity index (χ1n) is 2.60. The third-order valence-electron chi connectivity index (χ3n) is 0.936. The van der Waals surface area contributed by atoms with Crippen LogP contribution in [0.1, 0.15) is 12.6 Å². The van der Waals surface area contributed by atoms with Gasteiger partial charge in [0.25, 0.3) is 0 Å². The molecule has 0 atom stereocenters. The Labute approximate surface area is 52.7 Å². The molecule has 0 bridgehead atoms. The van der Waals surface area contributed by atoms with Gasteiger partial charge in [-0.25, -0.2) is 4.39 Å². The van der Waals surface area contributed by atoms with Crippen molar-refractivity contribution in [1.29, 1.82) is 0 Å². The molecule has 1 aromatic heterocycles. The zero-order valence-corrected chi connectivity index (χ0v) is 5.00. The summed E-state index contributed by atoms with van der Waals surface area (Å²) in [5, 5.41) is 7.01. The van der Waals surface area contributed by atoms with Gasteiger partial charge in [0.1, 0.15) is 5.82 Å². The van der Waals surface area contributed by atoms with Crippen LogP contribution in [-0.2, 0) is 0 Å². The summed E-state index contributed by atoms with van der Waals surface area (Å²) in [4.78, 5) is 0. The molecule has 0 spiro atoms. The molecule has 1 aromatic rings. The molecule has 0 aliphatic heterocycles. The zero-order valence-electron chi connectivity index (χ0n) is 5.00. The molecule has 1 rings (SSSR count). The van der Waals surface area contributed by atoms with Crippen LogP contribution < -0.4 is 0 Å². The minimum Gasteiger partial charge on any atom is -0.205 e. The summed E-state index contributed by atoms with van der Waals surface area (Å²) in [5.74, 6) is -0.349. The van der Waals surface area contributed by atoms with E-state index in [9.17, 15) is 4.39 Å². The number of hydrogen-bond donors (Lipinski definition) is 0. The van der Waals surface area contributed by atoms with Gasteiger partial charge in [0.15, 0.2) is 0 Å². The van der Waals surface area contributed by atoms with Crippen LogP contribution in [0.15, 0.2) is 12.3 Å². The van der Waals surface area contributed by atoms with Crippen molar-refractivity contribution in [3.8, 4) is 0 Å². The molecule has 47 valence electrons. The first-order chi connectivity index (χ1) is 4.33. The quantitative estimate of drug-likeness (QED) is 0.563. The lowest BCUT2D eigenvalue weighted by Crippen LogP contribution is -1.89. The van der Waals surface area contributed by atoms with Gasteiger partial charge < -0.3 is 0 Å².